The lowest BCUT2D eigenvalue weighted by Crippen LogP contribution is -2.15. The van der Waals surface area contributed by atoms with E-state index in [-0.39, 0.29) is 5.69 Å². The highest BCUT2D eigenvalue weighted by Gasteiger charge is 2.07. The summed E-state index contributed by atoms with van der Waals surface area (Å²) in [5.74, 6) is 0. The molecule has 2 N–H and O–H groups in total. The van der Waals surface area contributed by atoms with E-state index in [0.29, 0.717) is 4.77 Å². The van der Waals surface area contributed by atoms with E-state index in [9.17, 15) is 4.79 Å². The first-order valence-electron chi connectivity index (χ1n) is 4.26. The third-order valence-electron chi connectivity index (χ3n) is 2.16. The Labute approximate surface area is 99.1 Å². The van der Waals surface area contributed by atoms with Crippen molar-refractivity contribution in [1.82, 2.24) is 14.8 Å². The van der Waals surface area contributed by atoms with Gasteiger partial charge in [0.05, 0.1) is 5.69 Å². The predicted molar refractivity (Wildman–Crippen MR) is 64.0 cm³/mol. The summed E-state index contributed by atoms with van der Waals surface area (Å²) in [4.78, 5) is 11.5. The molecule has 0 aliphatic carbocycles. The van der Waals surface area contributed by atoms with Gasteiger partial charge in [0.1, 0.15) is 0 Å². The zero-order valence-electron chi connectivity index (χ0n) is 7.87. The number of rotatable bonds is 1. The van der Waals surface area contributed by atoms with Crippen LogP contribution in [0.4, 0.5) is 0 Å². The molecule has 0 aliphatic heterocycles. The summed E-state index contributed by atoms with van der Waals surface area (Å²) in [7, 11) is 0. The first kappa shape index (κ1) is 10.4. The Morgan fingerprint density at radius 2 is 2.13 bits per heavy atom. The van der Waals surface area contributed by atoms with Crippen LogP contribution in [0.3, 0.4) is 0 Å². The van der Waals surface area contributed by atoms with Crippen LogP contribution in [0.25, 0.3) is 5.69 Å². The second-order valence-corrected chi connectivity index (χ2v) is 4.32. The van der Waals surface area contributed by atoms with Crippen molar-refractivity contribution < 1.29 is 0 Å². The summed E-state index contributed by atoms with van der Waals surface area (Å²) in [5, 5.41) is 5.05. The van der Waals surface area contributed by atoms with Crippen molar-refractivity contribution in [2.24, 2.45) is 0 Å². The molecule has 0 saturated carbocycles. The summed E-state index contributed by atoms with van der Waals surface area (Å²) < 4.78 is 2.74. The van der Waals surface area contributed by atoms with E-state index in [1.165, 1.54) is 4.57 Å². The molecule has 6 heteroatoms. The van der Waals surface area contributed by atoms with Crippen LogP contribution in [0.15, 0.2) is 27.5 Å². The quantitative estimate of drug-likeness (QED) is 0.790. The molecule has 78 valence electrons. The Kier molecular flexibility index (Phi) is 2.62. The van der Waals surface area contributed by atoms with Gasteiger partial charge in [-0.15, -0.1) is 0 Å². The number of hydrogen-bond donors (Lipinski definition) is 2. The topological polar surface area (TPSA) is 53.6 Å². The molecular weight excluding hydrogens is 278 g/mol. The molecule has 15 heavy (non-hydrogen) atoms. The van der Waals surface area contributed by atoms with Gasteiger partial charge in [-0.05, 0) is 36.8 Å². The number of hydrogen-bond acceptors (Lipinski definition) is 2. The second kappa shape index (κ2) is 3.79. The summed E-state index contributed by atoms with van der Waals surface area (Å²) >= 11 is 8.43. The van der Waals surface area contributed by atoms with Crippen LogP contribution in [-0.2, 0) is 0 Å². The van der Waals surface area contributed by atoms with Gasteiger partial charge < -0.3 is 0 Å². The van der Waals surface area contributed by atoms with Crippen molar-refractivity contribution in [2.75, 3.05) is 0 Å². The van der Waals surface area contributed by atoms with Gasteiger partial charge in [0.25, 0.3) is 0 Å². The minimum atomic E-state index is -0.263. The van der Waals surface area contributed by atoms with Crippen molar-refractivity contribution in [3.63, 3.8) is 0 Å². The van der Waals surface area contributed by atoms with Gasteiger partial charge in [0.2, 0.25) is 4.77 Å². The maximum absolute atomic E-state index is 11.5. The molecule has 0 fully saturated rings. The van der Waals surface area contributed by atoms with Gasteiger partial charge in [-0.3, -0.25) is 5.10 Å². The molecule has 0 bridgehead atoms. The van der Waals surface area contributed by atoms with Crippen LogP contribution < -0.4 is 5.69 Å². The van der Waals surface area contributed by atoms with Crippen LogP contribution in [0.2, 0.25) is 0 Å². The van der Waals surface area contributed by atoms with Gasteiger partial charge in [0, 0.05) is 4.47 Å². The van der Waals surface area contributed by atoms with Crippen molar-refractivity contribution in [3.8, 4) is 5.69 Å². The largest absolute Gasteiger partial charge is 0.347 e. The molecule has 0 atom stereocenters. The maximum Gasteiger partial charge on any atom is 0.347 e. The normalized spacial score (nSPS) is 10.5. The average Bonchev–Trinajstić information content (AvgIpc) is 2.52. The Balaban J connectivity index is 2.81. The predicted octanol–water partition coefficient (Wildman–Crippen LogP) is 2.29. The highest BCUT2D eigenvalue weighted by molar-refractivity contribution is 9.10. The third kappa shape index (κ3) is 1.70. The zero-order chi connectivity index (χ0) is 11.0. The minimum Gasteiger partial charge on any atom is -0.272 e. The highest BCUT2D eigenvalue weighted by atomic mass is 79.9. The van der Waals surface area contributed by atoms with Gasteiger partial charge >= 0.3 is 5.69 Å². The molecule has 1 heterocycles. The van der Waals surface area contributed by atoms with Crippen molar-refractivity contribution in [3.05, 3.63) is 43.5 Å². The standard InChI is InChI=1S/C9H8BrN3OS/c1-5-6(10)3-2-4-7(5)13-8(14)11-12-9(13)15/h2-4H,1H3,(H,11,14)(H,12,15). The molecule has 0 spiro atoms. The molecule has 0 unspecified atom stereocenters. The molecular formula is C9H8BrN3OS. The number of nitrogens with zero attached hydrogens (tertiary/aromatic N) is 1. The van der Waals surface area contributed by atoms with Crippen LogP contribution in [0, 0.1) is 11.7 Å². The van der Waals surface area contributed by atoms with Crippen molar-refractivity contribution in [1.29, 1.82) is 0 Å². The SMILES string of the molecule is Cc1c(Br)cccc1-n1c(=O)[nH][nH]c1=S. The average molecular weight is 286 g/mol. The molecule has 2 rings (SSSR count). The molecule has 0 aliphatic rings. The van der Waals surface area contributed by atoms with E-state index < -0.39 is 0 Å². The van der Waals surface area contributed by atoms with E-state index >= 15 is 0 Å². The molecule has 2 aromatic rings. The van der Waals surface area contributed by atoms with E-state index in [1.54, 1.807) is 0 Å². The summed E-state index contributed by atoms with van der Waals surface area (Å²) in [5.41, 5.74) is 1.48. The number of halogens is 1. The number of aromatic amines is 2. The van der Waals surface area contributed by atoms with E-state index in [4.69, 9.17) is 12.2 Å². The molecule has 0 radical (unpaired) electrons. The van der Waals surface area contributed by atoms with E-state index in [1.807, 2.05) is 25.1 Å². The zero-order valence-corrected chi connectivity index (χ0v) is 10.3. The fourth-order valence-corrected chi connectivity index (χ4v) is 1.96. The fourth-order valence-electron chi connectivity index (χ4n) is 1.37. The Morgan fingerprint density at radius 1 is 1.40 bits per heavy atom. The first-order valence-corrected chi connectivity index (χ1v) is 5.46. The molecule has 1 aromatic carbocycles. The molecule has 1 aromatic heterocycles. The number of H-pyrrole nitrogens is 2. The number of aromatic nitrogens is 3. The van der Waals surface area contributed by atoms with Crippen LogP contribution >= 0.6 is 28.1 Å². The highest BCUT2D eigenvalue weighted by Crippen LogP contribution is 2.21. The number of benzene rings is 1. The van der Waals surface area contributed by atoms with Crippen LogP contribution in [0.1, 0.15) is 5.56 Å². The summed E-state index contributed by atoms with van der Waals surface area (Å²) in [6.07, 6.45) is 0. The van der Waals surface area contributed by atoms with E-state index in [0.717, 1.165) is 15.7 Å². The smallest absolute Gasteiger partial charge is 0.272 e. The van der Waals surface area contributed by atoms with Crippen LogP contribution in [0.5, 0.6) is 0 Å². The van der Waals surface area contributed by atoms with Gasteiger partial charge in [-0.2, -0.15) is 0 Å². The Hall–Kier alpha value is -1.14. The molecule has 0 amide bonds. The minimum absolute atomic E-state index is 0.263. The Bertz CT molecular complexity index is 583. The first-order chi connectivity index (χ1) is 7.11. The van der Waals surface area contributed by atoms with E-state index in [2.05, 4.69) is 26.1 Å². The van der Waals surface area contributed by atoms with Crippen molar-refractivity contribution >= 4 is 28.1 Å². The molecule has 4 nitrogen and oxygen atoms in total. The van der Waals surface area contributed by atoms with Gasteiger partial charge in [-0.1, -0.05) is 22.0 Å². The van der Waals surface area contributed by atoms with Crippen LogP contribution in [-0.4, -0.2) is 14.8 Å². The molecule has 0 saturated heterocycles. The van der Waals surface area contributed by atoms with Gasteiger partial charge in [0.15, 0.2) is 0 Å². The second-order valence-electron chi connectivity index (χ2n) is 3.08. The number of nitrogens with one attached hydrogen (secondary N) is 2. The lowest BCUT2D eigenvalue weighted by Gasteiger charge is -2.06. The Morgan fingerprint density at radius 3 is 2.73 bits per heavy atom. The lowest BCUT2D eigenvalue weighted by molar-refractivity contribution is 0.962. The summed E-state index contributed by atoms with van der Waals surface area (Å²) in [6, 6.07) is 5.63. The lowest BCUT2D eigenvalue weighted by atomic mass is 10.2. The fraction of sp³-hybridized carbons (Fsp3) is 0.111. The monoisotopic (exact) mass is 285 g/mol. The third-order valence-corrected chi connectivity index (χ3v) is 3.31. The van der Waals surface area contributed by atoms with Gasteiger partial charge in [-0.25, -0.2) is 14.5 Å². The maximum atomic E-state index is 11.5. The summed E-state index contributed by atoms with van der Waals surface area (Å²) in [6.45, 7) is 1.92. The van der Waals surface area contributed by atoms with Crippen molar-refractivity contribution in [2.45, 2.75) is 6.92 Å².